The van der Waals surface area contributed by atoms with Gasteiger partial charge in [0, 0.05) is 6.54 Å². The summed E-state index contributed by atoms with van der Waals surface area (Å²) in [6.45, 7) is 0.940. The maximum absolute atomic E-state index is 5.82. The molecular formula is C15H17N3O3. The lowest BCUT2D eigenvalue weighted by molar-refractivity contribution is 0.348. The van der Waals surface area contributed by atoms with Gasteiger partial charge in [-0.05, 0) is 24.5 Å². The fourth-order valence-electron chi connectivity index (χ4n) is 2.30. The first-order valence-electron chi connectivity index (χ1n) is 6.81. The van der Waals surface area contributed by atoms with Gasteiger partial charge in [0.25, 0.3) is 0 Å². The number of anilines is 1. The van der Waals surface area contributed by atoms with E-state index in [0.717, 1.165) is 25.1 Å². The molecule has 0 atom stereocenters. The molecule has 0 radical (unpaired) electrons. The van der Waals surface area contributed by atoms with Gasteiger partial charge in [0.15, 0.2) is 5.75 Å². The summed E-state index contributed by atoms with van der Waals surface area (Å²) in [6.07, 6.45) is 2.17. The molecule has 0 bridgehead atoms. The Morgan fingerprint density at radius 2 is 1.86 bits per heavy atom. The largest absolute Gasteiger partial charge is 0.481 e. The minimum absolute atomic E-state index is 0.201. The van der Waals surface area contributed by atoms with E-state index in [4.69, 9.17) is 14.2 Å². The highest BCUT2D eigenvalue weighted by Gasteiger charge is 2.15. The number of nitrogens with zero attached hydrogens (tertiary/aromatic N) is 2. The second-order valence-electron chi connectivity index (χ2n) is 4.66. The van der Waals surface area contributed by atoms with Crippen LogP contribution in [0.15, 0.2) is 24.3 Å². The number of ether oxygens (including phenoxy) is 3. The van der Waals surface area contributed by atoms with Crippen molar-refractivity contribution in [2.45, 2.75) is 12.8 Å². The molecule has 0 aliphatic carbocycles. The number of fused-ring (bicyclic) bond motifs is 1. The molecule has 0 saturated heterocycles. The number of rotatable bonds is 4. The van der Waals surface area contributed by atoms with Gasteiger partial charge in [-0.1, -0.05) is 12.1 Å². The highest BCUT2D eigenvalue weighted by Crippen LogP contribution is 2.34. The first-order valence-corrected chi connectivity index (χ1v) is 6.81. The Morgan fingerprint density at radius 1 is 1.10 bits per heavy atom. The zero-order valence-corrected chi connectivity index (χ0v) is 12.0. The predicted octanol–water partition coefficient (Wildman–Crippen LogP) is 2.64. The third-order valence-corrected chi connectivity index (χ3v) is 3.32. The molecule has 0 saturated carbocycles. The number of aryl methyl sites for hydroxylation is 1. The third kappa shape index (κ3) is 2.84. The zero-order valence-electron chi connectivity index (χ0n) is 12.0. The summed E-state index contributed by atoms with van der Waals surface area (Å²) in [6, 6.07) is 7.77. The van der Waals surface area contributed by atoms with Gasteiger partial charge in [-0.25, -0.2) is 0 Å². The van der Waals surface area contributed by atoms with Crippen LogP contribution in [0.5, 0.6) is 23.5 Å². The van der Waals surface area contributed by atoms with Crippen molar-refractivity contribution in [3.63, 3.8) is 0 Å². The van der Waals surface area contributed by atoms with Gasteiger partial charge in [0.1, 0.15) is 0 Å². The molecule has 1 aliphatic heterocycles. The van der Waals surface area contributed by atoms with Crippen LogP contribution in [-0.2, 0) is 6.42 Å². The quantitative estimate of drug-likeness (QED) is 0.932. The fraction of sp³-hybridized carbons (Fsp3) is 0.333. The van der Waals surface area contributed by atoms with Crippen molar-refractivity contribution in [1.29, 1.82) is 0 Å². The fourth-order valence-corrected chi connectivity index (χ4v) is 2.30. The summed E-state index contributed by atoms with van der Waals surface area (Å²) < 4.78 is 16.1. The van der Waals surface area contributed by atoms with E-state index in [0.29, 0.717) is 17.5 Å². The normalized spacial score (nSPS) is 13.0. The number of hydrogen-bond donors (Lipinski definition) is 1. The molecule has 0 spiro atoms. The van der Waals surface area contributed by atoms with Crippen LogP contribution in [-0.4, -0.2) is 30.7 Å². The second-order valence-corrected chi connectivity index (χ2v) is 4.66. The summed E-state index contributed by atoms with van der Waals surface area (Å²) in [5, 5.41) is 3.37. The van der Waals surface area contributed by atoms with Crippen molar-refractivity contribution >= 4 is 5.69 Å². The van der Waals surface area contributed by atoms with E-state index in [1.54, 1.807) is 6.07 Å². The summed E-state index contributed by atoms with van der Waals surface area (Å²) in [7, 11) is 3.08. The molecule has 1 aromatic carbocycles. The number of methoxy groups -OCH3 is 2. The first-order chi connectivity index (χ1) is 10.3. The minimum Gasteiger partial charge on any atom is -0.481 e. The maximum atomic E-state index is 5.82. The molecule has 110 valence electrons. The average molecular weight is 287 g/mol. The smallest absolute Gasteiger partial charge is 0.328 e. The lowest BCUT2D eigenvalue weighted by Gasteiger charge is -2.20. The number of nitrogens with one attached hydrogen (secondary N) is 1. The Hall–Kier alpha value is -2.50. The van der Waals surface area contributed by atoms with Gasteiger partial charge in [0.05, 0.1) is 26.0 Å². The molecule has 1 N–H and O–H groups in total. The van der Waals surface area contributed by atoms with Crippen LogP contribution in [0.1, 0.15) is 12.0 Å². The molecular weight excluding hydrogens is 270 g/mol. The Bertz CT molecular complexity index is 624. The molecule has 0 amide bonds. The molecule has 1 aliphatic rings. The first kappa shape index (κ1) is 13.5. The number of benzene rings is 1. The maximum Gasteiger partial charge on any atom is 0.328 e. The van der Waals surface area contributed by atoms with Crippen LogP contribution in [0, 0.1) is 0 Å². The molecule has 0 fully saturated rings. The topological polar surface area (TPSA) is 65.5 Å². The lowest BCUT2D eigenvalue weighted by atomic mass is 10.0. The van der Waals surface area contributed by atoms with Crippen molar-refractivity contribution in [1.82, 2.24) is 9.97 Å². The van der Waals surface area contributed by atoms with Gasteiger partial charge in [0.2, 0.25) is 11.8 Å². The monoisotopic (exact) mass is 287 g/mol. The van der Waals surface area contributed by atoms with Crippen molar-refractivity contribution in [3.05, 3.63) is 29.8 Å². The molecule has 3 rings (SSSR count). The van der Waals surface area contributed by atoms with Crippen molar-refractivity contribution in [2.24, 2.45) is 0 Å². The van der Waals surface area contributed by atoms with E-state index in [1.807, 2.05) is 12.1 Å². The highest BCUT2D eigenvalue weighted by molar-refractivity contribution is 5.63. The number of para-hydroxylation sites is 1. The van der Waals surface area contributed by atoms with E-state index >= 15 is 0 Å². The third-order valence-electron chi connectivity index (χ3n) is 3.32. The summed E-state index contributed by atoms with van der Waals surface area (Å²) in [5.41, 5.74) is 2.25. The van der Waals surface area contributed by atoms with Gasteiger partial charge < -0.3 is 19.5 Å². The zero-order chi connectivity index (χ0) is 14.7. The Morgan fingerprint density at radius 3 is 2.57 bits per heavy atom. The summed E-state index contributed by atoms with van der Waals surface area (Å²) >= 11 is 0. The Kier molecular flexibility index (Phi) is 3.77. The van der Waals surface area contributed by atoms with Crippen LogP contribution >= 0.6 is 0 Å². The van der Waals surface area contributed by atoms with Crippen molar-refractivity contribution < 1.29 is 14.2 Å². The van der Waals surface area contributed by atoms with E-state index in [9.17, 15) is 0 Å². The van der Waals surface area contributed by atoms with Crippen LogP contribution in [0.25, 0.3) is 0 Å². The Labute approximate surface area is 123 Å². The van der Waals surface area contributed by atoms with Crippen LogP contribution in [0.2, 0.25) is 0 Å². The number of hydrogen-bond acceptors (Lipinski definition) is 6. The highest BCUT2D eigenvalue weighted by atomic mass is 16.5. The van der Waals surface area contributed by atoms with Gasteiger partial charge in [-0.3, -0.25) is 0 Å². The van der Waals surface area contributed by atoms with E-state index < -0.39 is 0 Å². The standard InChI is InChI=1S/C15H17N3O3/c1-19-12-9-13(20-2)18-15(17-12)21-11-7-3-5-10-6-4-8-16-14(10)11/h3,5,7,9,16H,4,6,8H2,1-2H3. The van der Waals surface area contributed by atoms with E-state index in [1.165, 1.54) is 19.8 Å². The van der Waals surface area contributed by atoms with Crippen LogP contribution in [0.3, 0.4) is 0 Å². The number of aromatic nitrogens is 2. The molecule has 1 aromatic heterocycles. The average Bonchev–Trinajstić information content (AvgIpc) is 2.55. The van der Waals surface area contributed by atoms with E-state index in [2.05, 4.69) is 21.4 Å². The Balaban J connectivity index is 1.93. The van der Waals surface area contributed by atoms with Crippen molar-refractivity contribution in [2.75, 3.05) is 26.1 Å². The molecule has 6 heteroatoms. The minimum atomic E-state index is 0.201. The predicted molar refractivity (Wildman–Crippen MR) is 78.5 cm³/mol. The lowest BCUT2D eigenvalue weighted by Crippen LogP contribution is -2.12. The van der Waals surface area contributed by atoms with E-state index in [-0.39, 0.29) is 6.01 Å². The summed E-state index contributed by atoms with van der Waals surface area (Å²) in [5.74, 6) is 1.51. The molecule has 6 nitrogen and oxygen atoms in total. The van der Waals surface area contributed by atoms with Gasteiger partial charge in [-0.2, -0.15) is 9.97 Å². The van der Waals surface area contributed by atoms with Crippen molar-refractivity contribution in [3.8, 4) is 23.5 Å². The van der Waals surface area contributed by atoms with Gasteiger partial charge in [-0.15, -0.1) is 0 Å². The van der Waals surface area contributed by atoms with Crippen LogP contribution in [0.4, 0.5) is 5.69 Å². The molecule has 21 heavy (non-hydrogen) atoms. The molecule has 2 aromatic rings. The molecule has 2 heterocycles. The van der Waals surface area contributed by atoms with Gasteiger partial charge >= 0.3 is 6.01 Å². The second kappa shape index (κ2) is 5.87. The SMILES string of the molecule is COc1cc(OC)nc(Oc2cccc3c2NCCC3)n1. The van der Waals surface area contributed by atoms with Crippen LogP contribution < -0.4 is 19.5 Å². The molecule has 0 unspecified atom stereocenters. The summed E-state index contributed by atoms with van der Waals surface area (Å²) in [4.78, 5) is 8.36.